The summed E-state index contributed by atoms with van der Waals surface area (Å²) in [4.78, 5) is 28.7. The van der Waals surface area contributed by atoms with Gasteiger partial charge in [-0.3, -0.25) is 14.5 Å². The largest absolute Gasteiger partial charge is 0.486 e. The number of hydrogen-bond acceptors (Lipinski definition) is 5. The molecule has 0 aliphatic carbocycles. The minimum absolute atomic E-state index is 0.0361. The molecule has 1 aliphatic rings. The van der Waals surface area contributed by atoms with Gasteiger partial charge in [-0.25, -0.2) is 0 Å². The summed E-state index contributed by atoms with van der Waals surface area (Å²) in [6.07, 6.45) is 0. The van der Waals surface area contributed by atoms with Crippen molar-refractivity contribution in [3.8, 4) is 11.5 Å². The second-order valence-electron chi connectivity index (χ2n) is 7.20. The molecule has 1 heterocycles. The van der Waals surface area contributed by atoms with E-state index in [0.29, 0.717) is 36.9 Å². The molecule has 0 radical (unpaired) electrons. The summed E-state index contributed by atoms with van der Waals surface area (Å²) in [5.41, 5.74) is 0.651. The highest BCUT2D eigenvalue weighted by atomic mass is 16.6. The predicted octanol–water partition coefficient (Wildman–Crippen LogP) is 2.36. The zero-order chi connectivity index (χ0) is 20.0. The van der Waals surface area contributed by atoms with E-state index in [-0.39, 0.29) is 37.0 Å². The van der Waals surface area contributed by atoms with Gasteiger partial charge in [0.05, 0.1) is 13.1 Å². The first-order valence-electron chi connectivity index (χ1n) is 9.54. The quantitative estimate of drug-likeness (QED) is 0.753. The molecule has 27 heavy (non-hydrogen) atoms. The van der Waals surface area contributed by atoms with Crippen LogP contribution >= 0.6 is 0 Å². The van der Waals surface area contributed by atoms with E-state index in [9.17, 15) is 9.59 Å². The number of carbonyl (C=O) groups excluding carboxylic acids is 2. The number of likely N-dealkylation sites (N-methyl/N-ethyl adjacent to an activating group) is 1. The molecule has 1 aliphatic heterocycles. The maximum Gasteiger partial charge on any atom is 0.238 e. The Morgan fingerprint density at radius 1 is 1.04 bits per heavy atom. The van der Waals surface area contributed by atoms with Gasteiger partial charge >= 0.3 is 0 Å². The van der Waals surface area contributed by atoms with Gasteiger partial charge in [0.1, 0.15) is 13.2 Å². The van der Waals surface area contributed by atoms with Crippen LogP contribution in [0.25, 0.3) is 0 Å². The van der Waals surface area contributed by atoms with Crippen molar-refractivity contribution in [3.63, 3.8) is 0 Å². The fourth-order valence-electron chi connectivity index (χ4n) is 3.25. The molecule has 7 nitrogen and oxygen atoms in total. The van der Waals surface area contributed by atoms with E-state index in [1.807, 2.05) is 44.4 Å². The Bertz CT molecular complexity index is 653. The Labute approximate surface area is 161 Å². The van der Waals surface area contributed by atoms with Crippen molar-refractivity contribution >= 4 is 17.5 Å². The lowest BCUT2D eigenvalue weighted by atomic mass is 10.2. The molecule has 1 aromatic carbocycles. The molecule has 1 aromatic rings. The van der Waals surface area contributed by atoms with Crippen molar-refractivity contribution in [2.45, 2.75) is 46.7 Å². The van der Waals surface area contributed by atoms with Gasteiger partial charge in [-0.15, -0.1) is 0 Å². The van der Waals surface area contributed by atoms with Gasteiger partial charge in [-0.05, 0) is 46.4 Å². The van der Waals surface area contributed by atoms with Gasteiger partial charge in [0.15, 0.2) is 11.5 Å². The summed E-state index contributed by atoms with van der Waals surface area (Å²) in [5.74, 6) is 1.18. The third-order valence-electron chi connectivity index (χ3n) is 4.40. The summed E-state index contributed by atoms with van der Waals surface area (Å²) >= 11 is 0. The zero-order valence-corrected chi connectivity index (χ0v) is 16.9. The van der Waals surface area contributed by atoms with E-state index in [1.165, 1.54) is 0 Å². The van der Waals surface area contributed by atoms with Crippen molar-refractivity contribution in [1.29, 1.82) is 0 Å². The average Bonchev–Trinajstić information content (AvgIpc) is 2.60. The molecule has 0 saturated carbocycles. The van der Waals surface area contributed by atoms with Gasteiger partial charge in [-0.1, -0.05) is 6.92 Å². The van der Waals surface area contributed by atoms with E-state index < -0.39 is 0 Å². The molecule has 2 rings (SSSR count). The number of nitrogens with one attached hydrogen (secondary N) is 1. The van der Waals surface area contributed by atoms with Crippen molar-refractivity contribution in [2.24, 2.45) is 0 Å². The van der Waals surface area contributed by atoms with Crippen LogP contribution in [0, 0.1) is 0 Å². The fraction of sp³-hybridized carbons (Fsp3) is 0.600. The Kier molecular flexibility index (Phi) is 7.47. The summed E-state index contributed by atoms with van der Waals surface area (Å²) in [7, 11) is 0. The molecule has 0 aromatic heterocycles. The number of anilines is 1. The van der Waals surface area contributed by atoms with Crippen LogP contribution in [0.5, 0.6) is 11.5 Å². The van der Waals surface area contributed by atoms with E-state index in [0.717, 1.165) is 0 Å². The number of ether oxygens (including phenoxy) is 2. The summed E-state index contributed by atoms with van der Waals surface area (Å²) in [6, 6.07) is 5.58. The first-order valence-corrected chi connectivity index (χ1v) is 9.54. The van der Waals surface area contributed by atoms with Crippen LogP contribution in [-0.2, 0) is 9.59 Å². The molecule has 0 atom stereocenters. The van der Waals surface area contributed by atoms with E-state index in [2.05, 4.69) is 5.32 Å². The van der Waals surface area contributed by atoms with Crippen LogP contribution in [0.15, 0.2) is 18.2 Å². The van der Waals surface area contributed by atoms with Gasteiger partial charge in [0.2, 0.25) is 11.8 Å². The summed E-state index contributed by atoms with van der Waals surface area (Å²) in [5, 5.41) is 2.86. The predicted molar refractivity (Wildman–Crippen MR) is 105 cm³/mol. The van der Waals surface area contributed by atoms with Crippen molar-refractivity contribution in [1.82, 2.24) is 9.80 Å². The van der Waals surface area contributed by atoms with Crippen molar-refractivity contribution in [2.75, 3.05) is 38.2 Å². The third kappa shape index (κ3) is 5.85. The molecule has 150 valence electrons. The lowest BCUT2D eigenvalue weighted by Gasteiger charge is -2.32. The second-order valence-corrected chi connectivity index (χ2v) is 7.20. The van der Waals surface area contributed by atoms with Crippen LogP contribution in [0.3, 0.4) is 0 Å². The van der Waals surface area contributed by atoms with Crippen LogP contribution < -0.4 is 14.8 Å². The van der Waals surface area contributed by atoms with Gasteiger partial charge in [0.25, 0.3) is 0 Å². The third-order valence-corrected chi connectivity index (χ3v) is 4.40. The molecule has 1 N–H and O–H groups in total. The number of amides is 2. The number of fused-ring (bicyclic) bond motifs is 1. The van der Waals surface area contributed by atoms with Gasteiger partial charge in [0, 0.05) is 23.8 Å². The van der Waals surface area contributed by atoms with Crippen LogP contribution in [0.2, 0.25) is 0 Å². The number of nitrogens with zero attached hydrogens (tertiary/aromatic N) is 2. The summed E-state index contributed by atoms with van der Waals surface area (Å²) < 4.78 is 11.0. The lowest BCUT2D eigenvalue weighted by Crippen LogP contribution is -2.48. The second kappa shape index (κ2) is 9.60. The minimum Gasteiger partial charge on any atom is -0.486 e. The molecule has 0 bridgehead atoms. The van der Waals surface area contributed by atoms with E-state index in [4.69, 9.17) is 9.47 Å². The fourth-order valence-corrected chi connectivity index (χ4v) is 3.25. The zero-order valence-electron chi connectivity index (χ0n) is 16.9. The average molecular weight is 377 g/mol. The summed E-state index contributed by atoms with van der Waals surface area (Å²) in [6.45, 7) is 12.0. The van der Waals surface area contributed by atoms with E-state index in [1.54, 1.807) is 18.2 Å². The highest BCUT2D eigenvalue weighted by molar-refractivity contribution is 5.93. The number of carbonyl (C=O) groups is 2. The van der Waals surface area contributed by atoms with Gasteiger partial charge < -0.3 is 19.7 Å². The molecule has 2 amide bonds. The molecule has 0 spiro atoms. The highest BCUT2D eigenvalue weighted by Crippen LogP contribution is 2.32. The number of hydrogen-bond donors (Lipinski definition) is 1. The Balaban J connectivity index is 1.93. The van der Waals surface area contributed by atoms with E-state index >= 15 is 0 Å². The van der Waals surface area contributed by atoms with Crippen molar-refractivity contribution in [3.05, 3.63) is 18.2 Å². The minimum atomic E-state index is -0.165. The first-order chi connectivity index (χ1) is 12.8. The maximum absolute atomic E-state index is 12.6. The topological polar surface area (TPSA) is 71.1 Å². The molecular formula is C20H31N3O4. The molecule has 0 fully saturated rings. The SMILES string of the molecule is CCN(CC(=O)Nc1ccc2c(c1)OCCO2)CC(=O)N(C(C)C)C(C)C. The lowest BCUT2D eigenvalue weighted by molar-refractivity contribution is -0.136. The standard InChI is InChI=1S/C20H31N3O4/c1-6-22(13-20(25)23(14(2)3)15(4)5)12-19(24)21-16-7-8-17-18(11-16)27-10-9-26-17/h7-8,11,14-15H,6,9-10,12-13H2,1-5H3,(H,21,24). The molecule has 7 heteroatoms. The first kappa shape index (κ1) is 21.0. The Morgan fingerprint density at radius 2 is 1.67 bits per heavy atom. The highest BCUT2D eigenvalue weighted by Gasteiger charge is 2.23. The smallest absolute Gasteiger partial charge is 0.238 e. The van der Waals surface area contributed by atoms with Gasteiger partial charge in [-0.2, -0.15) is 0 Å². The monoisotopic (exact) mass is 377 g/mol. The normalized spacial score (nSPS) is 13.2. The van der Waals surface area contributed by atoms with Crippen LogP contribution in [0.1, 0.15) is 34.6 Å². The Hall–Kier alpha value is -2.28. The maximum atomic E-state index is 12.6. The van der Waals surface area contributed by atoms with Crippen LogP contribution in [-0.4, -0.2) is 66.5 Å². The molecular weight excluding hydrogens is 346 g/mol. The molecule has 0 saturated heterocycles. The Morgan fingerprint density at radius 3 is 2.26 bits per heavy atom. The number of benzene rings is 1. The number of rotatable bonds is 8. The molecule has 0 unspecified atom stereocenters. The van der Waals surface area contributed by atoms with Crippen LogP contribution in [0.4, 0.5) is 5.69 Å². The van der Waals surface area contributed by atoms with Crippen molar-refractivity contribution < 1.29 is 19.1 Å².